The van der Waals surface area contributed by atoms with Gasteiger partial charge < -0.3 is 10.6 Å². The second-order valence-electron chi connectivity index (χ2n) is 5.93. The van der Waals surface area contributed by atoms with E-state index in [1.807, 2.05) is 20.0 Å². The maximum absolute atomic E-state index is 13.0. The molecule has 0 aliphatic carbocycles. The second kappa shape index (κ2) is 10.3. The minimum atomic E-state index is -3.76. The average molecular weight is 412 g/mol. The molecule has 148 valence electrons. The Balaban J connectivity index is 0.00000364. The highest BCUT2D eigenvalue weighted by atomic mass is 35.5. The third-order valence-electron chi connectivity index (χ3n) is 4.08. The second-order valence-corrected chi connectivity index (χ2v) is 7.80. The van der Waals surface area contributed by atoms with Crippen LogP contribution in [0.2, 0.25) is 0 Å². The molecule has 0 radical (unpaired) electrons. The predicted octanol–water partition coefficient (Wildman–Crippen LogP) is 2.66. The minimum absolute atomic E-state index is 0. The molecule has 6 nitrogen and oxygen atoms in total. The Hall–Kier alpha value is -2.09. The number of carbonyl (C=O) groups is 1. The molecule has 0 saturated carbocycles. The standard InChI is InChI=1S/C19H25N3O3S.ClH/c1-4-22(17-10-6-5-7-11-17)26(24,25)18-12-8-9-16(13-18)19(23)21-14-15(2)20-3;/h5-13,15,20H,4,14H2,1-3H3,(H,21,23);1H. The van der Waals surface area contributed by atoms with Crippen molar-refractivity contribution < 1.29 is 13.2 Å². The Morgan fingerprint density at radius 1 is 1.11 bits per heavy atom. The largest absolute Gasteiger partial charge is 0.350 e. The number of nitrogens with zero attached hydrogens (tertiary/aromatic N) is 1. The fourth-order valence-corrected chi connectivity index (χ4v) is 3.98. The van der Waals surface area contributed by atoms with Crippen LogP contribution in [0.15, 0.2) is 59.5 Å². The van der Waals surface area contributed by atoms with Gasteiger partial charge in [-0.1, -0.05) is 24.3 Å². The summed E-state index contributed by atoms with van der Waals surface area (Å²) in [4.78, 5) is 12.4. The van der Waals surface area contributed by atoms with Crippen LogP contribution in [0, 0.1) is 0 Å². The Morgan fingerprint density at radius 2 is 1.78 bits per heavy atom. The number of benzene rings is 2. The van der Waals surface area contributed by atoms with Crippen molar-refractivity contribution in [2.45, 2.75) is 24.8 Å². The van der Waals surface area contributed by atoms with Gasteiger partial charge in [-0.05, 0) is 51.2 Å². The van der Waals surface area contributed by atoms with Gasteiger partial charge in [-0.2, -0.15) is 0 Å². The third kappa shape index (κ3) is 5.69. The maximum Gasteiger partial charge on any atom is 0.264 e. The number of hydrogen-bond donors (Lipinski definition) is 2. The topological polar surface area (TPSA) is 78.5 Å². The van der Waals surface area contributed by atoms with Crippen molar-refractivity contribution >= 4 is 34.0 Å². The van der Waals surface area contributed by atoms with E-state index in [0.717, 1.165) is 0 Å². The Morgan fingerprint density at radius 3 is 2.37 bits per heavy atom. The summed E-state index contributed by atoms with van der Waals surface area (Å²) >= 11 is 0. The van der Waals surface area contributed by atoms with Crippen LogP contribution in [0.25, 0.3) is 0 Å². The van der Waals surface area contributed by atoms with Gasteiger partial charge in [-0.25, -0.2) is 8.42 Å². The minimum Gasteiger partial charge on any atom is -0.350 e. The molecule has 1 amide bonds. The fraction of sp³-hybridized carbons (Fsp3) is 0.316. The van der Waals surface area contributed by atoms with E-state index in [-0.39, 0.29) is 29.3 Å². The zero-order chi connectivity index (χ0) is 19.2. The molecule has 2 aromatic carbocycles. The molecule has 0 fully saturated rings. The van der Waals surface area contributed by atoms with Crippen LogP contribution < -0.4 is 14.9 Å². The van der Waals surface area contributed by atoms with E-state index in [9.17, 15) is 13.2 Å². The van der Waals surface area contributed by atoms with Crippen LogP contribution in [0.3, 0.4) is 0 Å². The van der Waals surface area contributed by atoms with E-state index in [4.69, 9.17) is 0 Å². The SMILES string of the molecule is CCN(c1ccccc1)S(=O)(=O)c1cccc(C(=O)NCC(C)NC)c1.Cl. The molecule has 2 aromatic rings. The number of sulfonamides is 1. The number of hydrogen-bond acceptors (Lipinski definition) is 4. The summed E-state index contributed by atoms with van der Waals surface area (Å²) in [6.45, 7) is 4.47. The average Bonchev–Trinajstić information content (AvgIpc) is 2.67. The summed E-state index contributed by atoms with van der Waals surface area (Å²) in [6.07, 6.45) is 0. The van der Waals surface area contributed by atoms with Crippen LogP contribution in [0.4, 0.5) is 5.69 Å². The first-order chi connectivity index (χ1) is 12.4. The van der Waals surface area contributed by atoms with E-state index >= 15 is 0 Å². The van der Waals surface area contributed by atoms with Crippen molar-refractivity contribution in [1.29, 1.82) is 0 Å². The molecule has 1 unspecified atom stereocenters. The highest BCUT2D eigenvalue weighted by Crippen LogP contribution is 2.23. The number of likely N-dealkylation sites (N-methyl/N-ethyl adjacent to an activating group) is 1. The monoisotopic (exact) mass is 411 g/mol. The first kappa shape index (κ1) is 23.0. The highest BCUT2D eigenvalue weighted by Gasteiger charge is 2.24. The molecular formula is C19H26ClN3O3S. The smallest absolute Gasteiger partial charge is 0.264 e. The van der Waals surface area contributed by atoms with E-state index in [1.165, 1.54) is 16.4 Å². The number of para-hydroxylation sites is 1. The summed E-state index contributed by atoms with van der Waals surface area (Å²) in [5.74, 6) is -0.299. The van der Waals surface area contributed by atoms with Crippen LogP contribution in [-0.2, 0) is 10.0 Å². The van der Waals surface area contributed by atoms with Crippen molar-refractivity contribution in [2.24, 2.45) is 0 Å². The number of rotatable bonds is 8. The van der Waals surface area contributed by atoms with E-state index in [0.29, 0.717) is 24.3 Å². The molecule has 0 aliphatic heterocycles. The molecule has 0 aliphatic rings. The molecule has 0 saturated heterocycles. The van der Waals surface area contributed by atoms with Gasteiger partial charge >= 0.3 is 0 Å². The van der Waals surface area contributed by atoms with Crippen molar-refractivity contribution in [3.63, 3.8) is 0 Å². The quantitative estimate of drug-likeness (QED) is 0.700. The number of halogens is 1. The number of nitrogens with one attached hydrogen (secondary N) is 2. The summed E-state index contributed by atoms with van der Waals surface area (Å²) in [5.41, 5.74) is 0.909. The zero-order valence-corrected chi connectivity index (χ0v) is 17.3. The molecule has 27 heavy (non-hydrogen) atoms. The molecule has 0 bridgehead atoms. The number of amides is 1. The maximum atomic E-state index is 13.0. The molecule has 2 rings (SSSR count). The number of anilines is 1. The number of carbonyl (C=O) groups excluding carboxylic acids is 1. The molecule has 0 aromatic heterocycles. The van der Waals surface area contributed by atoms with Crippen molar-refractivity contribution in [1.82, 2.24) is 10.6 Å². The molecule has 8 heteroatoms. The molecular weight excluding hydrogens is 386 g/mol. The lowest BCUT2D eigenvalue weighted by atomic mass is 10.2. The van der Waals surface area contributed by atoms with Gasteiger partial charge in [-0.15, -0.1) is 12.4 Å². The summed E-state index contributed by atoms with van der Waals surface area (Å²) < 4.78 is 27.4. The summed E-state index contributed by atoms with van der Waals surface area (Å²) in [5, 5.41) is 5.82. The first-order valence-electron chi connectivity index (χ1n) is 8.53. The lowest BCUT2D eigenvalue weighted by Crippen LogP contribution is -2.37. The molecule has 0 heterocycles. The van der Waals surface area contributed by atoms with Gasteiger partial charge in [0, 0.05) is 24.7 Å². The molecule has 1 atom stereocenters. The lowest BCUT2D eigenvalue weighted by Gasteiger charge is -2.23. The van der Waals surface area contributed by atoms with Crippen molar-refractivity contribution in [3.05, 3.63) is 60.2 Å². The Kier molecular flexibility index (Phi) is 8.75. The summed E-state index contributed by atoms with van der Waals surface area (Å²) in [6, 6.07) is 15.2. The lowest BCUT2D eigenvalue weighted by molar-refractivity contribution is 0.0950. The fourth-order valence-electron chi connectivity index (χ4n) is 2.46. The predicted molar refractivity (Wildman–Crippen MR) is 111 cm³/mol. The van der Waals surface area contributed by atoms with Gasteiger partial charge in [0.1, 0.15) is 0 Å². The van der Waals surface area contributed by atoms with Crippen LogP contribution in [0.1, 0.15) is 24.2 Å². The van der Waals surface area contributed by atoms with E-state index in [2.05, 4.69) is 10.6 Å². The van der Waals surface area contributed by atoms with Gasteiger partial charge in [0.15, 0.2) is 0 Å². The van der Waals surface area contributed by atoms with Gasteiger partial charge in [0.05, 0.1) is 10.6 Å². The van der Waals surface area contributed by atoms with Gasteiger partial charge in [0.25, 0.3) is 15.9 Å². The highest BCUT2D eigenvalue weighted by molar-refractivity contribution is 7.92. The van der Waals surface area contributed by atoms with E-state index in [1.54, 1.807) is 43.3 Å². The van der Waals surface area contributed by atoms with Crippen LogP contribution in [-0.4, -0.2) is 40.5 Å². The van der Waals surface area contributed by atoms with Crippen LogP contribution in [0.5, 0.6) is 0 Å². The van der Waals surface area contributed by atoms with Gasteiger partial charge in [0.2, 0.25) is 0 Å². The molecule has 2 N–H and O–H groups in total. The zero-order valence-electron chi connectivity index (χ0n) is 15.7. The third-order valence-corrected chi connectivity index (χ3v) is 5.98. The van der Waals surface area contributed by atoms with E-state index < -0.39 is 10.0 Å². The normalized spacial score (nSPS) is 12.0. The Bertz CT molecular complexity index is 844. The first-order valence-corrected chi connectivity index (χ1v) is 9.97. The van der Waals surface area contributed by atoms with Crippen LogP contribution >= 0.6 is 12.4 Å². The Labute approximate surface area is 167 Å². The summed E-state index contributed by atoms with van der Waals surface area (Å²) in [7, 11) is -1.94. The van der Waals surface area contributed by atoms with Crippen molar-refractivity contribution in [2.75, 3.05) is 24.4 Å². The van der Waals surface area contributed by atoms with Gasteiger partial charge in [-0.3, -0.25) is 9.10 Å². The molecule has 0 spiro atoms. The van der Waals surface area contributed by atoms with Crippen molar-refractivity contribution in [3.8, 4) is 0 Å².